The van der Waals surface area contributed by atoms with Crippen LogP contribution in [0.15, 0.2) is 11.1 Å². The fraction of sp³-hybridized carbons (Fsp3) is 0.750. The van der Waals surface area contributed by atoms with Gasteiger partial charge in [0.2, 0.25) is 0 Å². The number of carbonyl (C=O) groups excluding carboxylic acids is 1. The number of carbonyl (C=O) groups is 1. The van der Waals surface area contributed by atoms with Gasteiger partial charge in [-0.25, -0.2) is 4.79 Å². The van der Waals surface area contributed by atoms with Gasteiger partial charge in [-0.3, -0.25) is 0 Å². The molecule has 0 aromatic rings. The molecule has 1 heterocycles. The number of halogens is 1. The molecule has 0 aromatic carbocycles. The van der Waals surface area contributed by atoms with E-state index in [1.165, 1.54) is 0 Å². The minimum atomic E-state index is -0.388. The molecule has 0 atom stereocenters. The lowest BCUT2D eigenvalue weighted by molar-refractivity contribution is -0.00193. The molecule has 0 aliphatic carbocycles. The molecule has 3 nitrogen and oxygen atoms in total. The SMILES string of the molecule is CC(C)(C)OC(=O)N1CC(CC/C=C/Br)C1. The molecule has 92 valence electrons. The fourth-order valence-corrected chi connectivity index (χ4v) is 1.89. The predicted molar refractivity (Wildman–Crippen MR) is 68.6 cm³/mol. The van der Waals surface area contributed by atoms with Gasteiger partial charge in [0.1, 0.15) is 5.60 Å². The number of likely N-dealkylation sites (tertiary alicyclic amines) is 1. The van der Waals surface area contributed by atoms with E-state index in [9.17, 15) is 4.79 Å². The monoisotopic (exact) mass is 289 g/mol. The van der Waals surface area contributed by atoms with Gasteiger partial charge in [-0.1, -0.05) is 22.0 Å². The van der Waals surface area contributed by atoms with Crippen molar-refractivity contribution in [2.45, 2.75) is 39.2 Å². The van der Waals surface area contributed by atoms with Gasteiger partial charge in [-0.2, -0.15) is 0 Å². The molecule has 0 saturated carbocycles. The van der Waals surface area contributed by atoms with Crippen molar-refractivity contribution in [2.24, 2.45) is 5.92 Å². The first-order valence-electron chi connectivity index (χ1n) is 5.65. The van der Waals surface area contributed by atoms with E-state index in [4.69, 9.17) is 4.74 Å². The molecule has 1 amide bonds. The number of hydrogen-bond acceptors (Lipinski definition) is 2. The van der Waals surface area contributed by atoms with Crippen molar-refractivity contribution in [1.29, 1.82) is 0 Å². The summed E-state index contributed by atoms with van der Waals surface area (Å²) in [5.74, 6) is 0.635. The summed E-state index contributed by atoms with van der Waals surface area (Å²) < 4.78 is 5.28. The third kappa shape index (κ3) is 4.56. The maximum Gasteiger partial charge on any atom is 0.410 e. The van der Waals surface area contributed by atoms with E-state index in [0.29, 0.717) is 5.92 Å². The van der Waals surface area contributed by atoms with Gasteiger partial charge < -0.3 is 9.64 Å². The summed E-state index contributed by atoms with van der Waals surface area (Å²) in [4.78, 5) is 15.3. The molecule has 0 aromatic heterocycles. The Hall–Kier alpha value is -0.510. The summed E-state index contributed by atoms with van der Waals surface area (Å²) in [7, 11) is 0. The highest BCUT2D eigenvalue weighted by molar-refractivity contribution is 9.11. The van der Waals surface area contributed by atoms with Crippen molar-refractivity contribution in [3.8, 4) is 0 Å². The first kappa shape index (κ1) is 13.6. The zero-order valence-corrected chi connectivity index (χ0v) is 11.8. The lowest BCUT2D eigenvalue weighted by atomic mass is 9.95. The summed E-state index contributed by atoms with van der Waals surface area (Å²) in [6, 6.07) is 0. The van der Waals surface area contributed by atoms with Gasteiger partial charge in [0.05, 0.1) is 0 Å². The van der Waals surface area contributed by atoms with Crippen LogP contribution >= 0.6 is 15.9 Å². The van der Waals surface area contributed by atoms with Gasteiger partial charge in [-0.05, 0) is 44.5 Å². The number of ether oxygens (including phenoxy) is 1. The molecule has 0 unspecified atom stereocenters. The topological polar surface area (TPSA) is 29.5 Å². The van der Waals surface area contributed by atoms with Crippen molar-refractivity contribution in [3.63, 3.8) is 0 Å². The fourth-order valence-electron chi connectivity index (χ4n) is 1.62. The standard InChI is InChI=1S/C12H20BrNO2/c1-12(2,3)16-11(15)14-8-10(9-14)6-4-5-7-13/h5,7,10H,4,6,8-9H2,1-3H3/b7-5+. The van der Waals surface area contributed by atoms with E-state index < -0.39 is 0 Å². The number of rotatable bonds is 3. The average Bonchev–Trinajstić information content (AvgIpc) is 2.05. The highest BCUT2D eigenvalue weighted by Crippen LogP contribution is 2.23. The molecule has 1 aliphatic rings. The smallest absolute Gasteiger partial charge is 0.410 e. The second kappa shape index (κ2) is 5.71. The molecule has 1 fully saturated rings. The molecule has 1 saturated heterocycles. The quantitative estimate of drug-likeness (QED) is 0.795. The van der Waals surface area contributed by atoms with E-state index in [0.717, 1.165) is 25.9 Å². The van der Waals surface area contributed by atoms with Crippen molar-refractivity contribution in [2.75, 3.05) is 13.1 Å². The lowest BCUT2D eigenvalue weighted by Crippen LogP contribution is -2.51. The molecule has 1 rings (SSSR count). The molecule has 0 spiro atoms. The van der Waals surface area contributed by atoms with E-state index in [1.807, 2.05) is 25.8 Å². The van der Waals surface area contributed by atoms with Crippen LogP contribution in [0.1, 0.15) is 33.6 Å². The van der Waals surface area contributed by atoms with Gasteiger partial charge in [0.15, 0.2) is 0 Å². The summed E-state index contributed by atoms with van der Waals surface area (Å²) >= 11 is 3.24. The third-order valence-corrected chi connectivity index (χ3v) is 2.81. The van der Waals surface area contributed by atoms with Crippen LogP contribution < -0.4 is 0 Å². The minimum absolute atomic E-state index is 0.181. The Bertz CT molecular complexity index is 265. The van der Waals surface area contributed by atoms with Crippen LogP contribution in [-0.4, -0.2) is 29.7 Å². The van der Waals surface area contributed by atoms with Gasteiger partial charge in [0.25, 0.3) is 0 Å². The molecule has 4 heteroatoms. The zero-order chi connectivity index (χ0) is 12.2. The Morgan fingerprint density at radius 1 is 1.50 bits per heavy atom. The Balaban J connectivity index is 2.18. The van der Waals surface area contributed by atoms with Gasteiger partial charge in [0, 0.05) is 13.1 Å². The largest absolute Gasteiger partial charge is 0.444 e. The lowest BCUT2D eigenvalue weighted by Gasteiger charge is -2.39. The van der Waals surface area contributed by atoms with Gasteiger partial charge in [-0.15, -0.1) is 0 Å². The zero-order valence-electron chi connectivity index (χ0n) is 10.2. The second-order valence-corrected chi connectivity index (χ2v) is 5.72. The number of allylic oxidation sites excluding steroid dienone is 1. The molecule has 0 bridgehead atoms. The number of nitrogens with zero attached hydrogens (tertiary/aromatic N) is 1. The highest BCUT2D eigenvalue weighted by Gasteiger charge is 2.32. The summed E-state index contributed by atoms with van der Waals surface area (Å²) in [5, 5.41) is 0. The van der Waals surface area contributed by atoms with Crippen LogP contribution in [-0.2, 0) is 4.74 Å². The van der Waals surface area contributed by atoms with Crippen LogP contribution in [0.25, 0.3) is 0 Å². The van der Waals surface area contributed by atoms with E-state index >= 15 is 0 Å². The van der Waals surface area contributed by atoms with Crippen molar-refractivity contribution in [1.82, 2.24) is 4.90 Å². The Morgan fingerprint density at radius 3 is 2.62 bits per heavy atom. The first-order valence-corrected chi connectivity index (χ1v) is 6.57. The molecular formula is C12H20BrNO2. The molecular weight excluding hydrogens is 270 g/mol. The van der Waals surface area contributed by atoms with Crippen molar-refractivity contribution in [3.05, 3.63) is 11.1 Å². The van der Waals surface area contributed by atoms with Crippen molar-refractivity contribution >= 4 is 22.0 Å². The van der Waals surface area contributed by atoms with Crippen LogP contribution in [0.2, 0.25) is 0 Å². The van der Waals surface area contributed by atoms with Crippen LogP contribution in [0.5, 0.6) is 0 Å². The highest BCUT2D eigenvalue weighted by atomic mass is 79.9. The van der Waals surface area contributed by atoms with E-state index in [2.05, 4.69) is 22.0 Å². The number of hydrogen-bond donors (Lipinski definition) is 0. The maximum absolute atomic E-state index is 11.6. The van der Waals surface area contributed by atoms with E-state index in [-0.39, 0.29) is 11.7 Å². The average molecular weight is 290 g/mol. The summed E-state index contributed by atoms with van der Waals surface area (Å²) in [6.07, 6.45) is 4.12. The molecule has 0 N–H and O–H groups in total. The van der Waals surface area contributed by atoms with Crippen LogP contribution in [0, 0.1) is 5.92 Å². The third-order valence-electron chi connectivity index (χ3n) is 2.44. The molecule has 1 aliphatic heterocycles. The normalized spacial score (nSPS) is 17.6. The summed E-state index contributed by atoms with van der Waals surface area (Å²) in [6.45, 7) is 7.35. The maximum atomic E-state index is 11.6. The van der Waals surface area contributed by atoms with Crippen molar-refractivity contribution < 1.29 is 9.53 Å². The van der Waals surface area contributed by atoms with E-state index in [1.54, 1.807) is 4.90 Å². The Kier molecular flexibility index (Phi) is 4.84. The molecule has 0 radical (unpaired) electrons. The summed E-state index contributed by atoms with van der Waals surface area (Å²) in [5.41, 5.74) is -0.388. The number of amides is 1. The first-order chi connectivity index (χ1) is 7.42. The van der Waals surface area contributed by atoms with Gasteiger partial charge >= 0.3 is 6.09 Å². The second-order valence-electron chi connectivity index (χ2n) is 5.19. The van der Waals surface area contributed by atoms with Crippen LogP contribution in [0.4, 0.5) is 4.79 Å². The Labute approximate surface area is 106 Å². The Morgan fingerprint density at radius 2 is 2.12 bits per heavy atom. The van der Waals surface area contributed by atoms with Crippen LogP contribution in [0.3, 0.4) is 0 Å². The molecule has 16 heavy (non-hydrogen) atoms. The minimum Gasteiger partial charge on any atom is -0.444 e. The predicted octanol–water partition coefficient (Wildman–Crippen LogP) is 3.54.